The number of methoxy groups -OCH3 is 1. The summed E-state index contributed by atoms with van der Waals surface area (Å²) >= 11 is 1.52. The van der Waals surface area contributed by atoms with Crippen LogP contribution >= 0.6 is 11.8 Å². The Kier molecular flexibility index (Phi) is 6.97. The lowest BCUT2D eigenvalue weighted by atomic mass is 10.2. The summed E-state index contributed by atoms with van der Waals surface area (Å²) in [5.74, 6) is 1.54. The Morgan fingerprint density at radius 2 is 2.00 bits per heavy atom. The van der Waals surface area contributed by atoms with Crippen LogP contribution in [0.15, 0.2) is 34.2 Å². The molecular formula is C20H26N4O5S2. The number of nitrogens with one attached hydrogen (secondary N) is 1. The first-order valence-corrected chi connectivity index (χ1v) is 12.8. The van der Waals surface area contributed by atoms with Crippen molar-refractivity contribution in [2.75, 3.05) is 64.3 Å². The molecule has 0 saturated carbocycles. The predicted octanol–water partition coefficient (Wildman–Crippen LogP) is 1.43. The van der Waals surface area contributed by atoms with Gasteiger partial charge in [0.2, 0.25) is 9.84 Å². The quantitative estimate of drug-likeness (QED) is 0.497. The first-order valence-electron chi connectivity index (χ1n) is 10.0. The second kappa shape index (κ2) is 9.70. The molecule has 3 heterocycles. The van der Waals surface area contributed by atoms with Gasteiger partial charge in [0.05, 0.1) is 26.9 Å². The van der Waals surface area contributed by atoms with Gasteiger partial charge in [-0.2, -0.15) is 0 Å². The first kappa shape index (κ1) is 22.3. The van der Waals surface area contributed by atoms with E-state index in [1.165, 1.54) is 18.9 Å². The molecule has 11 heteroatoms. The van der Waals surface area contributed by atoms with Crippen molar-refractivity contribution in [3.63, 3.8) is 0 Å². The van der Waals surface area contributed by atoms with Gasteiger partial charge in [-0.25, -0.2) is 18.4 Å². The Morgan fingerprint density at radius 1 is 1.19 bits per heavy atom. The molecule has 1 N–H and O–H groups in total. The third kappa shape index (κ3) is 4.80. The molecule has 0 radical (unpaired) electrons. The minimum absolute atomic E-state index is 0.0762. The fourth-order valence-corrected chi connectivity index (χ4v) is 5.54. The van der Waals surface area contributed by atoms with Crippen LogP contribution in [0, 0.1) is 0 Å². The number of aromatic nitrogens is 2. The maximum atomic E-state index is 13.3. The summed E-state index contributed by atoms with van der Waals surface area (Å²) in [6.45, 7) is 3.99. The van der Waals surface area contributed by atoms with E-state index in [4.69, 9.17) is 19.2 Å². The molecule has 1 aromatic heterocycles. The molecule has 1 unspecified atom stereocenters. The summed E-state index contributed by atoms with van der Waals surface area (Å²) < 4.78 is 42.9. The average Bonchev–Trinajstić information content (AvgIpc) is 2.84. The standard InChI is InChI=1S/C20H26N4O5S2/c1-27-15-4-3-14(11-16(15)31(25,26)19-13-21-5-8-29-19)20-22-17(12-18(23-20)30-2)24-6-9-28-10-7-24/h3-4,11-12,19,21H,5-10,13H2,1-2H3. The van der Waals surface area contributed by atoms with E-state index in [-0.39, 0.29) is 17.2 Å². The van der Waals surface area contributed by atoms with Crippen LogP contribution in [-0.2, 0) is 19.3 Å². The van der Waals surface area contributed by atoms with Gasteiger partial charge in [0.1, 0.15) is 21.5 Å². The topological polar surface area (TPSA) is 103 Å². The highest BCUT2D eigenvalue weighted by atomic mass is 32.2. The van der Waals surface area contributed by atoms with E-state index in [2.05, 4.69) is 15.2 Å². The van der Waals surface area contributed by atoms with Gasteiger partial charge in [0.15, 0.2) is 11.3 Å². The number of rotatable bonds is 6. The molecule has 0 spiro atoms. The lowest BCUT2D eigenvalue weighted by Crippen LogP contribution is -2.43. The molecule has 2 aromatic rings. The molecule has 0 amide bonds. The monoisotopic (exact) mass is 466 g/mol. The molecule has 0 bridgehead atoms. The number of morpholine rings is 2. The largest absolute Gasteiger partial charge is 0.495 e. The number of hydrogen-bond acceptors (Lipinski definition) is 10. The molecule has 4 rings (SSSR count). The van der Waals surface area contributed by atoms with Gasteiger partial charge in [-0.15, -0.1) is 11.8 Å². The normalized spacial score (nSPS) is 19.9. The Labute approximate surface area is 186 Å². The minimum atomic E-state index is -3.78. The van der Waals surface area contributed by atoms with Gasteiger partial charge < -0.3 is 24.4 Å². The Bertz CT molecular complexity index is 1020. The molecule has 2 aliphatic rings. The maximum Gasteiger partial charge on any atom is 0.210 e. The molecule has 31 heavy (non-hydrogen) atoms. The van der Waals surface area contributed by atoms with Crippen molar-refractivity contribution < 1.29 is 22.6 Å². The van der Waals surface area contributed by atoms with Crippen molar-refractivity contribution in [1.82, 2.24) is 15.3 Å². The summed E-state index contributed by atoms with van der Waals surface area (Å²) in [5.41, 5.74) is -0.360. The van der Waals surface area contributed by atoms with E-state index >= 15 is 0 Å². The van der Waals surface area contributed by atoms with Crippen LogP contribution in [-0.4, -0.2) is 83.2 Å². The van der Waals surface area contributed by atoms with Crippen LogP contribution in [0.3, 0.4) is 0 Å². The molecule has 2 saturated heterocycles. The molecule has 0 aliphatic carbocycles. The van der Waals surface area contributed by atoms with Gasteiger partial charge in [0.25, 0.3) is 0 Å². The number of anilines is 1. The van der Waals surface area contributed by atoms with E-state index < -0.39 is 15.3 Å². The SMILES string of the molecule is COc1ccc(-c2nc(SC)cc(N3CCOCC3)n2)cc1S(=O)(=O)C1CNCCO1. The second-order valence-electron chi connectivity index (χ2n) is 7.11. The summed E-state index contributed by atoms with van der Waals surface area (Å²) in [6, 6.07) is 6.94. The molecular weight excluding hydrogens is 440 g/mol. The number of hydrogen-bond donors (Lipinski definition) is 1. The van der Waals surface area contributed by atoms with Crippen molar-refractivity contribution in [2.24, 2.45) is 0 Å². The summed E-state index contributed by atoms with van der Waals surface area (Å²) in [6.07, 6.45) is 1.95. The van der Waals surface area contributed by atoms with Crippen molar-refractivity contribution in [3.05, 3.63) is 24.3 Å². The molecule has 2 fully saturated rings. The third-order valence-electron chi connectivity index (χ3n) is 5.20. The number of thioether (sulfide) groups is 1. The van der Waals surface area contributed by atoms with E-state index in [1.54, 1.807) is 18.2 Å². The van der Waals surface area contributed by atoms with Crippen molar-refractivity contribution in [1.29, 1.82) is 0 Å². The van der Waals surface area contributed by atoms with Gasteiger partial charge in [-0.1, -0.05) is 0 Å². The average molecular weight is 467 g/mol. The predicted molar refractivity (Wildman–Crippen MR) is 119 cm³/mol. The van der Waals surface area contributed by atoms with Gasteiger partial charge in [-0.05, 0) is 24.5 Å². The lowest BCUT2D eigenvalue weighted by Gasteiger charge is -2.28. The first-order chi connectivity index (χ1) is 15.0. The fraction of sp³-hybridized carbons (Fsp3) is 0.500. The highest BCUT2D eigenvalue weighted by molar-refractivity contribution is 7.98. The maximum absolute atomic E-state index is 13.3. The Morgan fingerprint density at radius 3 is 2.68 bits per heavy atom. The highest BCUT2D eigenvalue weighted by Crippen LogP contribution is 2.33. The van der Waals surface area contributed by atoms with Crippen molar-refractivity contribution in [3.8, 4) is 17.1 Å². The van der Waals surface area contributed by atoms with Crippen LogP contribution in [0.2, 0.25) is 0 Å². The zero-order chi connectivity index (χ0) is 21.8. The molecule has 2 aliphatic heterocycles. The third-order valence-corrected chi connectivity index (χ3v) is 7.76. The highest BCUT2D eigenvalue weighted by Gasteiger charge is 2.33. The van der Waals surface area contributed by atoms with Crippen LogP contribution in [0.4, 0.5) is 5.82 Å². The zero-order valence-corrected chi connectivity index (χ0v) is 19.2. The molecule has 1 aromatic carbocycles. The van der Waals surface area contributed by atoms with Crippen molar-refractivity contribution >= 4 is 27.4 Å². The number of nitrogens with zero attached hydrogens (tertiary/aromatic N) is 3. The second-order valence-corrected chi connectivity index (χ2v) is 9.99. The number of benzene rings is 1. The Hall–Kier alpha value is -1.92. The van der Waals surface area contributed by atoms with E-state index in [9.17, 15) is 8.42 Å². The smallest absolute Gasteiger partial charge is 0.210 e. The van der Waals surface area contributed by atoms with Crippen molar-refractivity contribution in [2.45, 2.75) is 15.4 Å². The summed E-state index contributed by atoms with van der Waals surface area (Å²) in [4.78, 5) is 11.6. The molecule has 9 nitrogen and oxygen atoms in total. The van der Waals surface area contributed by atoms with Gasteiger partial charge in [0, 0.05) is 37.8 Å². The van der Waals surface area contributed by atoms with E-state index in [0.29, 0.717) is 37.8 Å². The molecule has 1 atom stereocenters. The van der Waals surface area contributed by atoms with Gasteiger partial charge in [-0.3, -0.25) is 0 Å². The number of sulfone groups is 1. The number of ether oxygens (including phenoxy) is 3. The van der Waals surface area contributed by atoms with Gasteiger partial charge >= 0.3 is 0 Å². The van der Waals surface area contributed by atoms with Crippen LogP contribution in [0.1, 0.15) is 0 Å². The lowest BCUT2D eigenvalue weighted by molar-refractivity contribution is 0.0784. The molecule has 168 valence electrons. The summed E-state index contributed by atoms with van der Waals surface area (Å²) in [7, 11) is -2.33. The van der Waals surface area contributed by atoms with E-state index in [1.807, 2.05) is 12.3 Å². The van der Waals surface area contributed by atoms with Crippen LogP contribution in [0.25, 0.3) is 11.4 Å². The fourth-order valence-electron chi connectivity index (χ4n) is 3.52. The van der Waals surface area contributed by atoms with E-state index in [0.717, 1.165) is 23.9 Å². The van der Waals surface area contributed by atoms with Crippen LogP contribution < -0.4 is 15.0 Å². The minimum Gasteiger partial charge on any atom is -0.495 e. The zero-order valence-electron chi connectivity index (χ0n) is 17.5. The summed E-state index contributed by atoms with van der Waals surface area (Å²) in [5, 5.41) is 3.88. The van der Waals surface area contributed by atoms with Crippen LogP contribution in [0.5, 0.6) is 5.75 Å². The Balaban J connectivity index is 1.75.